The molecular formula is C24H22N2O6. The fourth-order valence-electron chi connectivity index (χ4n) is 3.47. The number of hydrogen-bond acceptors (Lipinski definition) is 7. The summed E-state index contributed by atoms with van der Waals surface area (Å²) in [4.78, 5) is 12.4. The van der Waals surface area contributed by atoms with E-state index >= 15 is 0 Å². The van der Waals surface area contributed by atoms with Crippen molar-refractivity contribution in [2.45, 2.75) is 6.92 Å². The predicted octanol–water partition coefficient (Wildman–Crippen LogP) is 5.16. The topological polar surface area (TPSA) is 96.0 Å². The normalized spacial score (nSPS) is 11.4. The molecule has 0 aliphatic heterocycles. The van der Waals surface area contributed by atoms with Crippen molar-refractivity contribution in [1.29, 1.82) is 0 Å². The van der Waals surface area contributed by atoms with Crippen LogP contribution < -0.4 is 19.5 Å². The Kier molecular flexibility index (Phi) is 5.85. The molecule has 0 saturated heterocycles. The molecule has 0 aliphatic rings. The molecule has 0 unspecified atom stereocenters. The number of fused-ring (bicyclic) bond motifs is 1. The number of carbonyl (C=O) groups is 1. The van der Waals surface area contributed by atoms with E-state index in [0.717, 1.165) is 22.1 Å². The highest BCUT2D eigenvalue weighted by Crippen LogP contribution is 2.39. The molecule has 0 fully saturated rings. The molecule has 0 aliphatic carbocycles. The van der Waals surface area contributed by atoms with Gasteiger partial charge in [-0.2, -0.15) is 0 Å². The zero-order valence-electron chi connectivity index (χ0n) is 18.1. The first kappa shape index (κ1) is 21.0. The average Bonchev–Trinajstić information content (AvgIpc) is 3.46. The number of benzene rings is 2. The van der Waals surface area contributed by atoms with Gasteiger partial charge in [-0.1, -0.05) is 11.2 Å². The summed E-state index contributed by atoms with van der Waals surface area (Å²) in [6, 6.07) is 11.0. The Morgan fingerprint density at radius 1 is 1.00 bits per heavy atom. The summed E-state index contributed by atoms with van der Waals surface area (Å²) in [5, 5.41) is 7.20. The van der Waals surface area contributed by atoms with Crippen LogP contribution in [0.25, 0.3) is 27.7 Å². The van der Waals surface area contributed by atoms with Crippen molar-refractivity contribution in [2.75, 3.05) is 26.6 Å². The van der Waals surface area contributed by atoms with Gasteiger partial charge in [0.25, 0.3) is 0 Å². The van der Waals surface area contributed by atoms with E-state index in [1.807, 2.05) is 37.3 Å². The third-order valence-corrected chi connectivity index (χ3v) is 5.05. The molecule has 0 radical (unpaired) electrons. The van der Waals surface area contributed by atoms with Crippen LogP contribution in [0.3, 0.4) is 0 Å². The number of rotatable bonds is 7. The second kappa shape index (κ2) is 8.89. The van der Waals surface area contributed by atoms with E-state index in [1.165, 1.54) is 12.3 Å². The third-order valence-electron chi connectivity index (χ3n) is 5.05. The van der Waals surface area contributed by atoms with Crippen molar-refractivity contribution >= 4 is 28.3 Å². The standard InChI is InChI=1S/C24H22N2O6/c1-14(9-24(27)25-23-7-8-32-26-23)16-11-17-18(13-31-21(17)12-20(16)29-3)15-5-6-19(28-2)22(10-15)30-4/h5-13H,1-4H3,(H,25,26,27)/b14-9+. The minimum Gasteiger partial charge on any atom is -0.496 e. The van der Waals surface area contributed by atoms with Gasteiger partial charge in [0.1, 0.15) is 17.6 Å². The Hall–Kier alpha value is -4.20. The Labute approximate surface area is 184 Å². The van der Waals surface area contributed by atoms with Gasteiger partial charge in [0.2, 0.25) is 5.91 Å². The van der Waals surface area contributed by atoms with Crippen LogP contribution in [-0.4, -0.2) is 32.4 Å². The maximum atomic E-state index is 12.4. The Morgan fingerprint density at radius 2 is 1.78 bits per heavy atom. The second-order valence-electron chi connectivity index (χ2n) is 6.97. The van der Waals surface area contributed by atoms with Crippen molar-refractivity contribution in [2.24, 2.45) is 0 Å². The number of anilines is 1. The molecule has 2 aromatic heterocycles. The fraction of sp³-hybridized carbons (Fsp3) is 0.167. The number of nitrogens with zero attached hydrogens (tertiary/aromatic N) is 1. The molecule has 8 heteroatoms. The summed E-state index contributed by atoms with van der Waals surface area (Å²) < 4.78 is 26.8. The largest absolute Gasteiger partial charge is 0.496 e. The number of allylic oxidation sites excluding steroid dienone is 1. The van der Waals surface area contributed by atoms with Gasteiger partial charge < -0.3 is 28.5 Å². The van der Waals surface area contributed by atoms with Crippen molar-refractivity contribution in [3.05, 3.63) is 60.6 Å². The zero-order chi connectivity index (χ0) is 22.7. The van der Waals surface area contributed by atoms with Gasteiger partial charge in [-0.05, 0) is 36.3 Å². The van der Waals surface area contributed by atoms with Crippen LogP contribution in [0.5, 0.6) is 17.2 Å². The minimum absolute atomic E-state index is 0.328. The van der Waals surface area contributed by atoms with Gasteiger partial charge in [0.05, 0.1) is 27.6 Å². The van der Waals surface area contributed by atoms with Crippen LogP contribution in [-0.2, 0) is 4.79 Å². The number of furan rings is 1. The highest BCUT2D eigenvalue weighted by Gasteiger charge is 2.16. The lowest BCUT2D eigenvalue weighted by Crippen LogP contribution is -2.08. The van der Waals surface area contributed by atoms with E-state index in [4.69, 9.17) is 23.2 Å². The van der Waals surface area contributed by atoms with Gasteiger partial charge >= 0.3 is 0 Å². The van der Waals surface area contributed by atoms with E-state index in [9.17, 15) is 4.79 Å². The third kappa shape index (κ3) is 4.02. The molecule has 2 aromatic carbocycles. The second-order valence-corrected chi connectivity index (χ2v) is 6.97. The summed E-state index contributed by atoms with van der Waals surface area (Å²) in [6.07, 6.45) is 4.55. The first-order valence-electron chi connectivity index (χ1n) is 9.75. The summed E-state index contributed by atoms with van der Waals surface area (Å²) >= 11 is 0. The molecular weight excluding hydrogens is 412 g/mol. The smallest absolute Gasteiger partial charge is 0.249 e. The van der Waals surface area contributed by atoms with E-state index < -0.39 is 0 Å². The summed E-state index contributed by atoms with van der Waals surface area (Å²) in [6.45, 7) is 1.84. The summed E-state index contributed by atoms with van der Waals surface area (Å²) in [5.74, 6) is 1.86. The SMILES string of the molecule is COc1ccc(-c2coc3cc(OC)c(/C(C)=C/C(=O)Nc4ccon4)cc23)cc1OC. The van der Waals surface area contributed by atoms with Crippen molar-refractivity contribution in [3.63, 3.8) is 0 Å². The molecule has 32 heavy (non-hydrogen) atoms. The van der Waals surface area contributed by atoms with Crippen molar-refractivity contribution in [3.8, 4) is 28.4 Å². The maximum absolute atomic E-state index is 12.4. The number of carbonyl (C=O) groups excluding carboxylic acids is 1. The van der Waals surface area contributed by atoms with Crippen LogP contribution in [0.4, 0.5) is 5.82 Å². The first-order chi connectivity index (χ1) is 15.5. The van der Waals surface area contributed by atoms with Crippen LogP contribution in [0.1, 0.15) is 12.5 Å². The van der Waals surface area contributed by atoms with Crippen LogP contribution in [0.2, 0.25) is 0 Å². The molecule has 2 heterocycles. The lowest BCUT2D eigenvalue weighted by Gasteiger charge is -2.11. The van der Waals surface area contributed by atoms with Crippen LogP contribution >= 0.6 is 0 Å². The number of aromatic nitrogens is 1. The molecule has 164 valence electrons. The van der Waals surface area contributed by atoms with Crippen LogP contribution in [0, 0.1) is 0 Å². The predicted molar refractivity (Wildman–Crippen MR) is 120 cm³/mol. The fourth-order valence-corrected chi connectivity index (χ4v) is 3.47. The molecule has 8 nitrogen and oxygen atoms in total. The molecule has 1 amide bonds. The van der Waals surface area contributed by atoms with Gasteiger partial charge in [-0.15, -0.1) is 0 Å². The van der Waals surface area contributed by atoms with E-state index in [2.05, 4.69) is 10.5 Å². The number of ether oxygens (including phenoxy) is 3. The molecule has 4 aromatic rings. The van der Waals surface area contributed by atoms with Crippen molar-refractivity contribution in [1.82, 2.24) is 5.16 Å². The Bertz CT molecular complexity index is 1290. The van der Waals surface area contributed by atoms with Gasteiger partial charge in [-0.25, -0.2) is 0 Å². The molecule has 0 bridgehead atoms. The summed E-state index contributed by atoms with van der Waals surface area (Å²) in [5.41, 5.74) is 3.92. The molecule has 0 saturated carbocycles. The van der Waals surface area contributed by atoms with Crippen LogP contribution in [0.15, 0.2) is 63.9 Å². The van der Waals surface area contributed by atoms with E-state index in [-0.39, 0.29) is 5.91 Å². The Morgan fingerprint density at radius 3 is 2.47 bits per heavy atom. The zero-order valence-corrected chi connectivity index (χ0v) is 18.1. The van der Waals surface area contributed by atoms with Gasteiger partial charge in [-0.3, -0.25) is 4.79 Å². The summed E-state index contributed by atoms with van der Waals surface area (Å²) in [7, 11) is 4.76. The van der Waals surface area contributed by atoms with Gasteiger partial charge in [0.15, 0.2) is 17.3 Å². The highest BCUT2D eigenvalue weighted by molar-refractivity contribution is 6.05. The molecule has 0 atom stereocenters. The molecule has 4 rings (SSSR count). The first-order valence-corrected chi connectivity index (χ1v) is 9.75. The molecule has 0 spiro atoms. The van der Waals surface area contributed by atoms with Gasteiger partial charge in [0, 0.05) is 34.7 Å². The average molecular weight is 434 g/mol. The number of amides is 1. The highest BCUT2D eigenvalue weighted by atomic mass is 16.5. The number of nitrogens with one attached hydrogen (secondary N) is 1. The monoisotopic (exact) mass is 434 g/mol. The van der Waals surface area contributed by atoms with Crippen molar-refractivity contribution < 1.29 is 27.9 Å². The lowest BCUT2D eigenvalue weighted by atomic mass is 9.99. The quantitative estimate of drug-likeness (QED) is 0.402. The van der Waals surface area contributed by atoms with E-state index in [1.54, 1.807) is 33.7 Å². The molecule has 1 N–H and O–H groups in total. The Balaban J connectivity index is 1.75. The minimum atomic E-state index is -0.328. The maximum Gasteiger partial charge on any atom is 0.249 e. The van der Waals surface area contributed by atoms with E-state index in [0.29, 0.717) is 34.2 Å². The lowest BCUT2D eigenvalue weighted by molar-refractivity contribution is -0.111. The number of methoxy groups -OCH3 is 3. The number of hydrogen-bond donors (Lipinski definition) is 1.